The van der Waals surface area contributed by atoms with Crippen molar-refractivity contribution in [3.63, 3.8) is 0 Å². The number of aromatic nitrogens is 2. The Kier molecular flexibility index (Phi) is 4.46. The molecule has 0 spiro atoms. The van der Waals surface area contributed by atoms with Crippen molar-refractivity contribution in [1.82, 2.24) is 9.97 Å². The van der Waals surface area contributed by atoms with Crippen LogP contribution in [0.1, 0.15) is 52.2 Å². The summed E-state index contributed by atoms with van der Waals surface area (Å²) in [5.74, 6) is 1.58. The van der Waals surface area contributed by atoms with E-state index in [1.54, 1.807) is 0 Å². The molecule has 1 aromatic rings. The van der Waals surface area contributed by atoms with Crippen molar-refractivity contribution >= 4 is 5.82 Å². The number of nitrogens with zero attached hydrogens (tertiary/aromatic N) is 2. The third-order valence-electron chi connectivity index (χ3n) is 2.55. The number of hydrogen-bond donors (Lipinski definition) is 1. The highest BCUT2D eigenvalue weighted by Gasteiger charge is 2.19. The summed E-state index contributed by atoms with van der Waals surface area (Å²) >= 11 is 0. The molecule has 1 N–H and O–H groups in total. The highest BCUT2D eigenvalue weighted by Crippen LogP contribution is 2.24. The molecule has 0 amide bonds. The molecule has 0 saturated heterocycles. The minimum absolute atomic E-state index is 0.00915. The Morgan fingerprint density at radius 1 is 1.35 bits per heavy atom. The van der Waals surface area contributed by atoms with Gasteiger partial charge in [0, 0.05) is 25.1 Å². The summed E-state index contributed by atoms with van der Waals surface area (Å²) in [6.07, 6.45) is -0.0746. The van der Waals surface area contributed by atoms with E-state index in [4.69, 9.17) is 4.74 Å². The third-order valence-corrected chi connectivity index (χ3v) is 2.55. The molecule has 1 rings (SSSR count). The summed E-state index contributed by atoms with van der Waals surface area (Å²) in [6.45, 7) is 11.0. The van der Waals surface area contributed by atoms with Gasteiger partial charge < -0.3 is 10.1 Å². The van der Waals surface area contributed by atoms with Crippen molar-refractivity contribution in [1.29, 1.82) is 0 Å². The number of anilines is 1. The van der Waals surface area contributed by atoms with Crippen molar-refractivity contribution in [2.45, 2.75) is 46.1 Å². The van der Waals surface area contributed by atoms with E-state index >= 15 is 0 Å². The molecule has 0 bridgehead atoms. The van der Waals surface area contributed by atoms with Gasteiger partial charge in [0.2, 0.25) is 0 Å². The maximum Gasteiger partial charge on any atom is 0.159 e. The predicted octanol–water partition coefficient (Wildman–Crippen LogP) is 2.91. The monoisotopic (exact) mass is 237 g/mol. The second kappa shape index (κ2) is 5.45. The minimum atomic E-state index is -0.0746. The van der Waals surface area contributed by atoms with Crippen LogP contribution < -0.4 is 5.32 Å². The number of rotatable bonds is 4. The molecule has 0 radical (unpaired) electrons. The third kappa shape index (κ3) is 3.66. The van der Waals surface area contributed by atoms with Gasteiger partial charge in [-0.25, -0.2) is 9.97 Å². The Balaban J connectivity index is 3.14. The molecular formula is C13H23N3O. The molecule has 4 nitrogen and oxygen atoms in total. The maximum atomic E-state index is 5.54. The summed E-state index contributed by atoms with van der Waals surface area (Å²) in [7, 11) is 1.86. The number of hydrogen-bond acceptors (Lipinski definition) is 4. The van der Waals surface area contributed by atoms with Gasteiger partial charge in [0.1, 0.15) is 11.9 Å². The average molecular weight is 237 g/mol. The van der Waals surface area contributed by atoms with Crippen LogP contribution >= 0.6 is 0 Å². The van der Waals surface area contributed by atoms with Crippen LogP contribution in [0.5, 0.6) is 0 Å². The molecule has 0 aromatic carbocycles. The molecule has 0 aliphatic rings. The molecule has 1 atom stereocenters. The van der Waals surface area contributed by atoms with Gasteiger partial charge in [0.15, 0.2) is 5.82 Å². The van der Waals surface area contributed by atoms with Crippen LogP contribution in [0.3, 0.4) is 0 Å². The first-order chi connectivity index (χ1) is 7.88. The van der Waals surface area contributed by atoms with Crippen LogP contribution in [0.4, 0.5) is 5.82 Å². The van der Waals surface area contributed by atoms with Gasteiger partial charge in [-0.15, -0.1) is 0 Å². The van der Waals surface area contributed by atoms with Crippen molar-refractivity contribution in [2.24, 2.45) is 0 Å². The highest BCUT2D eigenvalue weighted by molar-refractivity contribution is 5.37. The van der Waals surface area contributed by atoms with Crippen LogP contribution in [0.25, 0.3) is 0 Å². The molecule has 0 aliphatic heterocycles. The van der Waals surface area contributed by atoms with Crippen LogP contribution in [-0.2, 0) is 10.2 Å². The van der Waals surface area contributed by atoms with E-state index < -0.39 is 0 Å². The first-order valence-corrected chi connectivity index (χ1v) is 6.07. The molecule has 4 heteroatoms. The van der Waals surface area contributed by atoms with Crippen molar-refractivity contribution in [2.75, 3.05) is 19.0 Å². The van der Waals surface area contributed by atoms with Crippen molar-refractivity contribution in [3.05, 3.63) is 17.6 Å². The van der Waals surface area contributed by atoms with E-state index in [-0.39, 0.29) is 11.5 Å². The average Bonchev–Trinajstić information content (AvgIpc) is 2.27. The first-order valence-electron chi connectivity index (χ1n) is 6.07. The van der Waals surface area contributed by atoms with Crippen LogP contribution in [0.2, 0.25) is 0 Å². The quantitative estimate of drug-likeness (QED) is 0.874. The zero-order valence-electron chi connectivity index (χ0n) is 11.7. The summed E-state index contributed by atoms with van der Waals surface area (Å²) in [4.78, 5) is 9.03. The molecule has 0 saturated carbocycles. The van der Waals surface area contributed by atoms with Gasteiger partial charge in [-0.1, -0.05) is 20.8 Å². The molecule has 1 aromatic heterocycles. The van der Waals surface area contributed by atoms with Crippen LogP contribution in [-0.4, -0.2) is 23.6 Å². The van der Waals surface area contributed by atoms with Gasteiger partial charge >= 0.3 is 0 Å². The Hall–Kier alpha value is -1.16. The second-order valence-corrected chi connectivity index (χ2v) is 5.09. The van der Waals surface area contributed by atoms with Gasteiger partial charge in [-0.05, 0) is 13.8 Å². The number of nitrogens with one attached hydrogen (secondary N) is 1. The fourth-order valence-electron chi connectivity index (χ4n) is 1.48. The number of ether oxygens (including phenoxy) is 1. The first kappa shape index (κ1) is 13.9. The molecule has 1 heterocycles. The lowest BCUT2D eigenvalue weighted by atomic mass is 9.92. The Morgan fingerprint density at radius 3 is 2.47 bits per heavy atom. The summed E-state index contributed by atoms with van der Waals surface area (Å²) in [6, 6.07) is 1.99. The zero-order valence-corrected chi connectivity index (χ0v) is 11.7. The lowest BCUT2D eigenvalue weighted by Gasteiger charge is -2.20. The molecule has 0 aliphatic carbocycles. The topological polar surface area (TPSA) is 47.0 Å². The van der Waals surface area contributed by atoms with Gasteiger partial charge in [-0.2, -0.15) is 0 Å². The summed E-state index contributed by atoms with van der Waals surface area (Å²) in [5, 5.41) is 3.07. The lowest BCUT2D eigenvalue weighted by molar-refractivity contribution is 0.0698. The zero-order chi connectivity index (χ0) is 13.1. The Bertz CT molecular complexity index is 371. The van der Waals surface area contributed by atoms with Gasteiger partial charge in [0.05, 0.1) is 5.69 Å². The molecule has 96 valence electrons. The Labute approximate surface area is 104 Å². The second-order valence-electron chi connectivity index (χ2n) is 5.09. The Morgan fingerprint density at radius 2 is 2.00 bits per heavy atom. The van der Waals surface area contributed by atoms with Gasteiger partial charge in [-0.3, -0.25) is 0 Å². The highest BCUT2D eigenvalue weighted by atomic mass is 16.5. The fraction of sp³-hybridized carbons (Fsp3) is 0.692. The molecule has 0 fully saturated rings. The van der Waals surface area contributed by atoms with Crippen molar-refractivity contribution < 1.29 is 4.74 Å². The predicted molar refractivity (Wildman–Crippen MR) is 70.3 cm³/mol. The van der Waals surface area contributed by atoms with E-state index in [0.717, 1.165) is 17.3 Å². The maximum absolute atomic E-state index is 5.54. The molecule has 1 unspecified atom stereocenters. The normalized spacial score (nSPS) is 13.5. The fourth-order valence-corrected chi connectivity index (χ4v) is 1.48. The standard InChI is InChI=1S/C13H23N3O/c1-7-17-9(2)12-15-10(13(3,4)5)8-11(14-6)16-12/h8-9H,7H2,1-6H3,(H,14,15,16). The molecule has 17 heavy (non-hydrogen) atoms. The van der Waals surface area contributed by atoms with E-state index in [9.17, 15) is 0 Å². The van der Waals surface area contributed by atoms with E-state index in [1.165, 1.54) is 0 Å². The SMILES string of the molecule is CCOC(C)c1nc(NC)cc(C(C)(C)C)n1. The van der Waals surface area contributed by atoms with E-state index in [0.29, 0.717) is 6.61 Å². The van der Waals surface area contributed by atoms with Gasteiger partial charge in [0.25, 0.3) is 0 Å². The van der Waals surface area contributed by atoms with E-state index in [1.807, 2.05) is 27.0 Å². The smallest absolute Gasteiger partial charge is 0.159 e. The van der Waals surface area contributed by atoms with Crippen molar-refractivity contribution in [3.8, 4) is 0 Å². The van der Waals surface area contributed by atoms with Crippen LogP contribution in [0.15, 0.2) is 6.07 Å². The molecular weight excluding hydrogens is 214 g/mol. The largest absolute Gasteiger partial charge is 0.373 e. The van der Waals surface area contributed by atoms with E-state index in [2.05, 4.69) is 36.1 Å². The summed E-state index contributed by atoms with van der Waals surface area (Å²) in [5.41, 5.74) is 1.04. The minimum Gasteiger partial charge on any atom is -0.373 e. The lowest BCUT2D eigenvalue weighted by Crippen LogP contribution is -2.18. The van der Waals surface area contributed by atoms with Crippen LogP contribution in [0, 0.1) is 0 Å². The summed E-state index contributed by atoms with van der Waals surface area (Å²) < 4.78 is 5.54.